The van der Waals surface area contributed by atoms with Gasteiger partial charge in [-0.05, 0) is 24.0 Å². The zero-order valence-corrected chi connectivity index (χ0v) is 13.5. The van der Waals surface area contributed by atoms with E-state index in [-0.39, 0.29) is 5.82 Å². The van der Waals surface area contributed by atoms with Crippen LogP contribution in [0.15, 0.2) is 18.5 Å². The lowest BCUT2D eigenvalue weighted by atomic mass is 9.93. The van der Waals surface area contributed by atoms with Crippen LogP contribution in [-0.4, -0.2) is 35.1 Å². The van der Waals surface area contributed by atoms with Crippen LogP contribution in [0.4, 0.5) is 4.39 Å². The van der Waals surface area contributed by atoms with Crippen molar-refractivity contribution in [1.29, 1.82) is 0 Å². The summed E-state index contributed by atoms with van der Waals surface area (Å²) < 4.78 is 13.3. The highest BCUT2D eigenvalue weighted by atomic mass is 19.1. The molecule has 21 heavy (non-hydrogen) atoms. The molecule has 3 nitrogen and oxygen atoms in total. The standard InChI is InChI=1S/C17H28FN3/c1-4-6-16-12-21(17(10-20-16)13(3)5-2)11-14-7-15(18)9-19-8-14/h7-9,13,16-17,20H,4-6,10-12H2,1-3H3. The topological polar surface area (TPSA) is 28.2 Å². The van der Waals surface area contributed by atoms with Crippen LogP contribution in [0.25, 0.3) is 0 Å². The van der Waals surface area contributed by atoms with Crippen LogP contribution in [0.2, 0.25) is 0 Å². The maximum Gasteiger partial charge on any atom is 0.141 e. The Kier molecular flexibility index (Phi) is 6.12. The SMILES string of the molecule is CCCC1CN(Cc2cncc(F)c2)C(C(C)CC)CN1. The highest BCUT2D eigenvalue weighted by molar-refractivity contribution is 5.10. The molecule has 1 N–H and O–H groups in total. The number of nitrogens with one attached hydrogen (secondary N) is 1. The van der Waals surface area contributed by atoms with Crippen LogP contribution < -0.4 is 5.32 Å². The van der Waals surface area contributed by atoms with Gasteiger partial charge in [-0.25, -0.2) is 4.39 Å². The fourth-order valence-corrected chi connectivity index (χ4v) is 3.23. The third kappa shape index (κ3) is 4.48. The fourth-order valence-electron chi connectivity index (χ4n) is 3.23. The van der Waals surface area contributed by atoms with Gasteiger partial charge < -0.3 is 5.32 Å². The molecule has 118 valence electrons. The van der Waals surface area contributed by atoms with E-state index in [0.717, 1.165) is 25.2 Å². The third-order valence-corrected chi connectivity index (χ3v) is 4.62. The highest BCUT2D eigenvalue weighted by Gasteiger charge is 2.30. The van der Waals surface area contributed by atoms with Gasteiger partial charge in [0.25, 0.3) is 0 Å². The molecule has 1 aromatic rings. The van der Waals surface area contributed by atoms with E-state index >= 15 is 0 Å². The van der Waals surface area contributed by atoms with E-state index < -0.39 is 0 Å². The molecule has 3 unspecified atom stereocenters. The molecule has 1 aliphatic heterocycles. The lowest BCUT2D eigenvalue weighted by molar-refractivity contribution is 0.0816. The summed E-state index contributed by atoms with van der Waals surface area (Å²) in [5.41, 5.74) is 0.973. The maximum absolute atomic E-state index is 13.3. The lowest BCUT2D eigenvalue weighted by Crippen LogP contribution is -2.58. The van der Waals surface area contributed by atoms with E-state index in [9.17, 15) is 4.39 Å². The van der Waals surface area contributed by atoms with Crippen molar-refractivity contribution < 1.29 is 4.39 Å². The molecule has 1 saturated heterocycles. The van der Waals surface area contributed by atoms with Crippen LogP contribution in [0.1, 0.15) is 45.6 Å². The smallest absolute Gasteiger partial charge is 0.141 e. The molecule has 0 amide bonds. The third-order valence-electron chi connectivity index (χ3n) is 4.62. The summed E-state index contributed by atoms with van der Waals surface area (Å²) in [6, 6.07) is 2.68. The van der Waals surface area contributed by atoms with E-state index in [1.165, 1.54) is 25.5 Å². The number of piperazine rings is 1. The Morgan fingerprint density at radius 1 is 1.43 bits per heavy atom. The van der Waals surface area contributed by atoms with Gasteiger partial charge in [0.05, 0.1) is 6.20 Å². The lowest BCUT2D eigenvalue weighted by Gasteiger charge is -2.43. The van der Waals surface area contributed by atoms with Gasteiger partial charge in [-0.2, -0.15) is 0 Å². The van der Waals surface area contributed by atoms with Crippen molar-refractivity contribution in [1.82, 2.24) is 15.2 Å². The number of aromatic nitrogens is 1. The van der Waals surface area contributed by atoms with Gasteiger partial charge >= 0.3 is 0 Å². The Morgan fingerprint density at radius 2 is 2.24 bits per heavy atom. The summed E-state index contributed by atoms with van der Waals surface area (Å²) in [6.45, 7) is 9.64. The fraction of sp³-hybridized carbons (Fsp3) is 0.706. The van der Waals surface area contributed by atoms with E-state index in [4.69, 9.17) is 0 Å². The first-order valence-corrected chi connectivity index (χ1v) is 8.20. The van der Waals surface area contributed by atoms with E-state index in [1.807, 2.05) is 0 Å². The zero-order chi connectivity index (χ0) is 15.2. The number of pyridine rings is 1. The van der Waals surface area contributed by atoms with Gasteiger partial charge in [-0.15, -0.1) is 0 Å². The Balaban J connectivity index is 2.08. The molecule has 0 radical (unpaired) electrons. The van der Waals surface area contributed by atoms with Crippen molar-refractivity contribution in [3.05, 3.63) is 29.8 Å². The Morgan fingerprint density at radius 3 is 2.90 bits per heavy atom. The van der Waals surface area contributed by atoms with Gasteiger partial charge in [-0.1, -0.05) is 33.6 Å². The molecule has 4 heteroatoms. The van der Waals surface area contributed by atoms with Crippen molar-refractivity contribution in [2.75, 3.05) is 13.1 Å². The number of hydrogen-bond acceptors (Lipinski definition) is 3. The highest BCUT2D eigenvalue weighted by Crippen LogP contribution is 2.21. The Hall–Kier alpha value is -1.00. The minimum Gasteiger partial charge on any atom is -0.311 e. The second-order valence-electron chi connectivity index (χ2n) is 6.29. The van der Waals surface area contributed by atoms with Gasteiger partial charge in [0.2, 0.25) is 0 Å². The molecule has 0 bridgehead atoms. The summed E-state index contributed by atoms with van der Waals surface area (Å²) in [6.07, 6.45) is 6.62. The van der Waals surface area contributed by atoms with Crippen LogP contribution in [0.5, 0.6) is 0 Å². The molecule has 3 atom stereocenters. The molecular weight excluding hydrogens is 265 g/mol. The predicted octanol–water partition coefficient (Wildman–Crippen LogP) is 3.21. The average molecular weight is 293 g/mol. The van der Waals surface area contributed by atoms with Crippen LogP contribution in [0, 0.1) is 11.7 Å². The average Bonchev–Trinajstić information content (AvgIpc) is 2.47. The summed E-state index contributed by atoms with van der Waals surface area (Å²) in [7, 11) is 0. The first-order chi connectivity index (χ1) is 10.1. The second kappa shape index (κ2) is 7.85. The Labute approximate surface area is 127 Å². The first kappa shape index (κ1) is 16.4. The zero-order valence-electron chi connectivity index (χ0n) is 13.5. The van der Waals surface area contributed by atoms with Crippen molar-refractivity contribution >= 4 is 0 Å². The molecule has 1 aliphatic rings. The molecule has 2 rings (SSSR count). The maximum atomic E-state index is 13.3. The van der Waals surface area contributed by atoms with Crippen molar-refractivity contribution in [3.8, 4) is 0 Å². The van der Waals surface area contributed by atoms with E-state index in [0.29, 0.717) is 18.0 Å². The minimum atomic E-state index is -0.243. The summed E-state index contributed by atoms with van der Waals surface area (Å²) in [4.78, 5) is 6.49. The number of nitrogens with zero attached hydrogens (tertiary/aromatic N) is 2. The minimum absolute atomic E-state index is 0.243. The summed E-state index contributed by atoms with van der Waals surface area (Å²) >= 11 is 0. The monoisotopic (exact) mass is 293 g/mol. The molecule has 0 aliphatic carbocycles. The van der Waals surface area contributed by atoms with Crippen molar-refractivity contribution in [2.45, 2.75) is 58.7 Å². The van der Waals surface area contributed by atoms with E-state index in [1.54, 1.807) is 12.3 Å². The number of rotatable bonds is 6. The largest absolute Gasteiger partial charge is 0.311 e. The van der Waals surface area contributed by atoms with Crippen LogP contribution in [0.3, 0.4) is 0 Å². The van der Waals surface area contributed by atoms with Gasteiger partial charge in [-0.3, -0.25) is 9.88 Å². The summed E-state index contributed by atoms with van der Waals surface area (Å²) in [5.74, 6) is 0.398. The van der Waals surface area contributed by atoms with Crippen LogP contribution >= 0.6 is 0 Å². The molecule has 0 spiro atoms. The first-order valence-electron chi connectivity index (χ1n) is 8.20. The molecule has 1 aromatic heterocycles. The molecule has 2 heterocycles. The second-order valence-corrected chi connectivity index (χ2v) is 6.29. The quantitative estimate of drug-likeness (QED) is 0.873. The molecule has 1 fully saturated rings. The van der Waals surface area contributed by atoms with Crippen molar-refractivity contribution in [3.63, 3.8) is 0 Å². The van der Waals surface area contributed by atoms with Crippen molar-refractivity contribution in [2.24, 2.45) is 5.92 Å². The van der Waals surface area contributed by atoms with Gasteiger partial charge in [0, 0.05) is 37.9 Å². The van der Waals surface area contributed by atoms with Gasteiger partial charge in [0.15, 0.2) is 0 Å². The molecule has 0 saturated carbocycles. The predicted molar refractivity (Wildman–Crippen MR) is 84.5 cm³/mol. The number of halogens is 1. The molecular formula is C17H28FN3. The summed E-state index contributed by atoms with van der Waals surface area (Å²) in [5, 5.41) is 3.68. The molecule has 0 aromatic carbocycles. The normalized spacial score (nSPS) is 25.0. The van der Waals surface area contributed by atoms with E-state index in [2.05, 4.69) is 36.0 Å². The van der Waals surface area contributed by atoms with Gasteiger partial charge in [0.1, 0.15) is 5.82 Å². The Bertz CT molecular complexity index is 438. The number of hydrogen-bond donors (Lipinski definition) is 1. The van der Waals surface area contributed by atoms with Crippen LogP contribution in [-0.2, 0) is 6.54 Å².